The monoisotopic (exact) mass is 387 g/mol. The molecule has 1 aromatic heterocycles. The third kappa shape index (κ3) is 2.50. The number of hydrogen-bond donors (Lipinski definition) is 2. The molecule has 8 heteroatoms. The largest absolute Gasteiger partial charge is 0.484 e. The minimum atomic E-state index is -0.627. The molecule has 0 aromatic carbocycles. The predicted octanol–water partition coefficient (Wildman–Crippen LogP) is 1.35. The van der Waals surface area contributed by atoms with Crippen LogP contribution in [0.1, 0.15) is 34.5 Å². The first-order valence-corrected chi connectivity index (χ1v) is 9.24. The van der Waals surface area contributed by atoms with E-state index >= 15 is 0 Å². The first-order chi connectivity index (χ1) is 14.0. The van der Waals surface area contributed by atoms with Gasteiger partial charge in [-0.25, -0.2) is 9.98 Å². The Hall–Kier alpha value is -3.78. The fourth-order valence-electron chi connectivity index (χ4n) is 4.15. The lowest BCUT2D eigenvalue weighted by atomic mass is 9.73. The second kappa shape index (κ2) is 5.86. The number of nitrogens with zero attached hydrogens (tertiary/aromatic N) is 3. The summed E-state index contributed by atoms with van der Waals surface area (Å²) in [5, 5.41) is 11.8. The number of allylic oxidation sites excluding steroid dienone is 1. The molecular formula is C21H17N5O3. The van der Waals surface area contributed by atoms with Crippen molar-refractivity contribution in [1.29, 1.82) is 5.26 Å². The Morgan fingerprint density at radius 1 is 1.34 bits per heavy atom. The van der Waals surface area contributed by atoms with Crippen molar-refractivity contribution >= 4 is 11.9 Å². The molecule has 2 aliphatic heterocycles. The molecule has 8 nitrogen and oxygen atoms in total. The first-order valence-electron chi connectivity index (χ1n) is 9.24. The Labute approximate surface area is 166 Å². The number of pyridine rings is 1. The van der Waals surface area contributed by atoms with Gasteiger partial charge in [0.05, 0.1) is 17.9 Å². The number of nitrogens with two attached hydrogens (primary N) is 1. The molecule has 3 heterocycles. The number of rotatable bonds is 2. The highest BCUT2D eigenvalue weighted by molar-refractivity contribution is 5.95. The lowest BCUT2D eigenvalue weighted by Crippen LogP contribution is -2.48. The zero-order valence-electron chi connectivity index (χ0n) is 15.7. The standard InChI is InChI=1S/C21H17N5O3/c1-12-6-13(8-22)9-24-17(12)18(27)25-14-2-3-16-15(7-14)21(11-29-19(23)26-21)20(4-5-20)10-28-16/h6-7,9H,4-5,10-11H2,1H3,(H2,23,26)(H,25,27). The SMILES string of the molecule is Cc1cc(C#N)cnc1C(=O)NC1=C=C=C2OCC3(CC3)C3(COC(N)=N3)C2=C1. The molecule has 144 valence electrons. The van der Waals surface area contributed by atoms with Crippen LogP contribution in [0.2, 0.25) is 0 Å². The molecule has 1 unspecified atom stereocenters. The van der Waals surface area contributed by atoms with Gasteiger partial charge < -0.3 is 20.5 Å². The van der Waals surface area contributed by atoms with Crippen LogP contribution in [-0.2, 0) is 9.47 Å². The third-order valence-electron chi connectivity index (χ3n) is 5.91. The Bertz CT molecular complexity index is 1170. The van der Waals surface area contributed by atoms with E-state index in [0.717, 1.165) is 18.4 Å². The number of nitriles is 1. The lowest BCUT2D eigenvalue weighted by Gasteiger charge is -2.40. The van der Waals surface area contributed by atoms with Crippen LogP contribution in [0.15, 0.2) is 51.8 Å². The topological polar surface area (TPSA) is 123 Å². The summed E-state index contributed by atoms with van der Waals surface area (Å²) >= 11 is 0. The smallest absolute Gasteiger partial charge is 0.283 e. The summed E-state index contributed by atoms with van der Waals surface area (Å²) in [4.78, 5) is 21.5. The predicted molar refractivity (Wildman–Crippen MR) is 101 cm³/mol. The molecule has 1 amide bonds. The summed E-state index contributed by atoms with van der Waals surface area (Å²) in [6, 6.07) is 3.80. The van der Waals surface area contributed by atoms with Gasteiger partial charge in [0, 0.05) is 17.2 Å². The van der Waals surface area contributed by atoms with Crippen molar-refractivity contribution < 1.29 is 14.3 Å². The third-order valence-corrected chi connectivity index (χ3v) is 5.91. The highest BCUT2D eigenvalue weighted by Crippen LogP contribution is 2.63. The number of hydrogen-bond acceptors (Lipinski definition) is 7. The van der Waals surface area contributed by atoms with Crippen molar-refractivity contribution in [2.75, 3.05) is 13.2 Å². The zero-order valence-corrected chi connectivity index (χ0v) is 15.7. The van der Waals surface area contributed by atoms with E-state index in [-0.39, 0.29) is 17.1 Å². The van der Waals surface area contributed by atoms with Crippen molar-refractivity contribution in [3.63, 3.8) is 0 Å². The number of amides is 1. The van der Waals surface area contributed by atoms with Gasteiger partial charge in [0.2, 0.25) is 0 Å². The van der Waals surface area contributed by atoms with Crippen LogP contribution in [0.4, 0.5) is 0 Å². The van der Waals surface area contributed by atoms with Gasteiger partial charge in [-0.2, -0.15) is 5.26 Å². The highest BCUT2D eigenvalue weighted by atomic mass is 16.5. The van der Waals surface area contributed by atoms with Gasteiger partial charge in [-0.15, -0.1) is 0 Å². The molecule has 1 saturated heterocycles. The molecule has 1 atom stereocenters. The molecule has 2 aliphatic carbocycles. The van der Waals surface area contributed by atoms with Gasteiger partial charge in [-0.3, -0.25) is 4.79 Å². The summed E-state index contributed by atoms with van der Waals surface area (Å²) in [7, 11) is 0. The molecule has 3 N–H and O–H groups in total. The van der Waals surface area contributed by atoms with Crippen molar-refractivity contribution in [3.05, 3.63) is 63.7 Å². The van der Waals surface area contributed by atoms with E-state index in [0.29, 0.717) is 35.8 Å². The molecular weight excluding hydrogens is 370 g/mol. The van der Waals surface area contributed by atoms with Crippen LogP contribution in [0.5, 0.6) is 0 Å². The molecule has 0 bridgehead atoms. The van der Waals surface area contributed by atoms with Crippen molar-refractivity contribution in [2.24, 2.45) is 16.1 Å². The maximum absolute atomic E-state index is 12.7. The average molecular weight is 387 g/mol. The van der Waals surface area contributed by atoms with Gasteiger partial charge in [0.15, 0.2) is 5.76 Å². The molecule has 1 aromatic rings. The highest BCUT2D eigenvalue weighted by Gasteiger charge is 2.67. The second-order valence-corrected chi connectivity index (χ2v) is 7.67. The number of carbonyl (C=O) groups is 1. The molecule has 4 aliphatic rings. The molecule has 1 saturated carbocycles. The van der Waals surface area contributed by atoms with E-state index in [1.54, 1.807) is 19.1 Å². The number of fused-ring (bicyclic) bond motifs is 3. The fraction of sp³-hybridized carbons (Fsp3) is 0.333. The van der Waals surface area contributed by atoms with Crippen LogP contribution in [0, 0.1) is 23.7 Å². The van der Waals surface area contributed by atoms with E-state index in [2.05, 4.69) is 26.8 Å². The summed E-state index contributed by atoms with van der Waals surface area (Å²) in [6.45, 7) is 2.61. The van der Waals surface area contributed by atoms with Gasteiger partial charge >= 0.3 is 0 Å². The number of aromatic nitrogens is 1. The Kier molecular flexibility index (Phi) is 3.50. The minimum absolute atomic E-state index is 0.136. The maximum atomic E-state index is 12.7. The summed E-state index contributed by atoms with van der Waals surface area (Å²) < 4.78 is 11.4. The maximum Gasteiger partial charge on any atom is 0.283 e. The van der Waals surface area contributed by atoms with Gasteiger partial charge in [0.25, 0.3) is 11.9 Å². The molecule has 5 rings (SSSR count). The molecule has 0 radical (unpaired) electrons. The Balaban J connectivity index is 1.49. The van der Waals surface area contributed by atoms with Crippen LogP contribution >= 0.6 is 0 Å². The quantitative estimate of drug-likeness (QED) is 0.739. The summed E-state index contributed by atoms with van der Waals surface area (Å²) in [5.74, 6) is 0.157. The van der Waals surface area contributed by atoms with E-state index in [1.165, 1.54) is 6.20 Å². The average Bonchev–Trinajstić information content (AvgIpc) is 3.40. The van der Waals surface area contributed by atoms with Gasteiger partial charge in [-0.1, -0.05) is 0 Å². The van der Waals surface area contributed by atoms with E-state index in [9.17, 15) is 4.79 Å². The number of ether oxygens (including phenoxy) is 2. The Morgan fingerprint density at radius 2 is 2.17 bits per heavy atom. The van der Waals surface area contributed by atoms with Crippen LogP contribution in [0.25, 0.3) is 0 Å². The number of carbonyl (C=O) groups excluding carboxylic acids is 1. The normalized spacial score (nSPS) is 25.0. The van der Waals surface area contributed by atoms with Gasteiger partial charge in [-0.05, 0) is 48.9 Å². The first kappa shape index (κ1) is 17.3. The van der Waals surface area contributed by atoms with E-state index in [1.807, 2.05) is 6.07 Å². The van der Waals surface area contributed by atoms with E-state index < -0.39 is 11.4 Å². The summed E-state index contributed by atoms with van der Waals surface area (Å²) in [5.41, 5.74) is 13.5. The van der Waals surface area contributed by atoms with E-state index in [4.69, 9.17) is 20.5 Å². The van der Waals surface area contributed by atoms with Crippen molar-refractivity contribution in [1.82, 2.24) is 10.3 Å². The van der Waals surface area contributed by atoms with Crippen molar-refractivity contribution in [3.8, 4) is 6.07 Å². The Morgan fingerprint density at radius 3 is 2.83 bits per heavy atom. The van der Waals surface area contributed by atoms with Crippen LogP contribution in [0.3, 0.4) is 0 Å². The molecule has 29 heavy (non-hydrogen) atoms. The second-order valence-electron chi connectivity index (χ2n) is 7.67. The van der Waals surface area contributed by atoms with Crippen LogP contribution in [-0.4, -0.2) is 35.7 Å². The van der Waals surface area contributed by atoms with Gasteiger partial charge in [0.1, 0.15) is 23.9 Å². The minimum Gasteiger partial charge on any atom is -0.484 e. The fourth-order valence-corrected chi connectivity index (χ4v) is 4.15. The summed E-state index contributed by atoms with van der Waals surface area (Å²) in [6.07, 6.45) is 5.12. The zero-order chi connectivity index (χ0) is 20.2. The number of aryl methyl sites for hydroxylation is 1. The number of nitrogens with one attached hydrogen (secondary N) is 1. The molecule has 2 fully saturated rings. The number of amidine groups is 1. The van der Waals surface area contributed by atoms with Crippen LogP contribution < -0.4 is 11.1 Å². The number of aliphatic imine (C=N–C) groups is 1. The molecule has 2 spiro atoms. The lowest BCUT2D eigenvalue weighted by molar-refractivity contribution is 0.0622. The van der Waals surface area contributed by atoms with Crippen molar-refractivity contribution in [2.45, 2.75) is 25.3 Å².